The molecule has 1 nitrogen and oxygen atoms in total. The molecule has 0 saturated heterocycles. The molecule has 0 fully saturated rings. The van der Waals surface area contributed by atoms with E-state index in [0.717, 1.165) is 6.42 Å². The van der Waals surface area contributed by atoms with Crippen LogP contribution in [-0.2, 0) is 0 Å². The first-order valence-corrected chi connectivity index (χ1v) is 6.44. The molecular formula is C15H26O. The Labute approximate surface area is 100 Å². The minimum Gasteiger partial charge on any atom is -0.392 e. The van der Waals surface area contributed by atoms with Crippen molar-refractivity contribution in [3.05, 3.63) is 23.8 Å². The van der Waals surface area contributed by atoms with Crippen LogP contribution in [0, 0.1) is 11.3 Å². The average Bonchev–Trinajstić information content (AvgIpc) is 2.22. The quantitative estimate of drug-likeness (QED) is 0.612. The lowest BCUT2D eigenvalue weighted by Gasteiger charge is -2.21. The van der Waals surface area contributed by atoms with Crippen molar-refractivity contribution in [2.24, 2.45) is 11.3 Å². The van der Waals surface area contributed by atoms with Gasteiger partial charge in [-0.1, -0.05) is 44.6 Å². The van der Waals surface area contributed by atoms with Gasteiger partial charge in [-0.05, 0) is 38.0 Å². The van der Waals surface area contributed by atoms with E-state index in [-0.39, 0.29) is 17.4 Å². The molecule has 0 bridgehead atoms. The molecule has 92 valence electrons. The van der Waals surface area contributed by atoms with Crippen LogP contribution in [0.3, 0.4) is 0 Å². The van der Waals surface area contributed by atoms with Crippen LogP contribution in [-0.4, -0.2) is 11.2 Å². The van der Waals surface area contributed by atoms with Gasteiger partial charge in [0.05, 0.1) is 6.10 Å². The van der Waals surface area contributed by atoms with Crippen molar-refractivity contribution < 1.29 is 5.11 Å². The summed E-state index contributed by atoms with van der Waals surface area (Å²) >= 11 is 0. The molecule has 0 aliphatic heterocycles. The number of rotatable bonds is 0. The van der Waals surface area contributed by atoms with E-state index >= 15 is 0 Å². The zero-order valence-corrected chi connectivity index (χ0v) is 11.2. The highest BCUT2D eigenvalue weighted by Gasteiger charge is 2.17. The minimum absolute atomic E-state index is 0.236. The first-order valence-electron chi connectivity index (χ1n) is 6.44. The number of hydrogen-bond acceptors (Lipinski definition) is 1. The van der Waals surface area contributed by atoms with Crippen LogP contribution in [0.4, 0.5) is 0 Å². The Morgan fingerprint density at radius 1 is 1.38 bits per heavy atom. The Hall–Kier alpha value is -0.560. The minimum atomic E-state index is -0.236. The maximum atomic E-state index is 9.98. The molecule has 1 aliphatic rings. The van der Waals surface area contributed by atoms with E-state index in [1.807, 2.05) is 0 Å². The second kappa shape index (κ2) is 5.67. The molecule has 1 heteroatoms. The van der Waals surface area contributed by atoms with Gasteiger partial charge in [-0.3, -0.25) is 0 Å². The van der Waals surface area contributed by atoms with Crippen molar-refractivity contribution >= 4 is 0 Å². The zero-order valence-electron chi connectivity index (χ0n) is 11.2. The van der Waals surface area contributed by atoms with Gasteiger partial charge in [-0.2, -0.15) is 0 Å². The molecule has 1 rings (SSSR count). The fourth-order valence-corrected chi connectivity index (χ4v) is 2.09. The highest BCUT2D eigenvalue weighted by molar-refractivity contribution is 5.04. The van der Waals surface area contributed by atoms with Gasteiger partial charge in [0.25, 0.3) is 0 Å². The van der Waals surface area contributed by atoms with Crippen molar-refractivity contribution in [3.63, 3.8) is 0 Å². The third-order valence-electron chi connectivity index (χ3n) is 3.56. The summed E-state index contributed by atoms with van der Waals surface area (Å²) < 4.78 is 0. The molecule has 2 unspecified atom stereocenters. The van der Waals surface area contributed by atoms with Crippen LogP contribution in [0.2, 0.25) is 0 Å². The van der Waals surface area contributed by atoms with Crippen LogP contribution >= 0.6 is 0 Å². The van der Waals surface area contributed by atoms with Crippen molar-refractivity contribution in [1.82, 2.24) is 0 Å². The van der Waals surface area contributed by atoms with E-state index in [0.29, 0.717) is 0 Å². The van der Waals surface area contributed by atoms with Crippen LogP contribution in [0.15, 0.2) is 23.8 Å². The molecule has 2 atom stereocenters. The summed E-state index contributed by atoms with van der Waals surface area (Å²) in [4.78, 5) is 0. The van der Waals surface area contributed by atoms with Gasteiger partial charge in [0, 0.05) is 5.92 Å². The molecule has 0 aromatic heterocycles. The predicted molar refractivity (Wildman–Crippen MR) is 70.3 cm³/mol. The molecule has 16 heavy (non-hydrogen) atoms. The molecule has 0 amide bonds. The monoisotopic (exact) mass is 222 g/mol. The molecule has 0 heterocycles. The first kappa shape index (κ1) is 13.5. The van der Waals surface area contributed by atoms with E-state index in [1.54, 1.807) is 0 Å². The summed E-state index contributed by atoms with van der Waals surface area (Å²) in [6.07, 6.45) is 10.8. The maximum Gasteiger partial charge on any atom is 0.0634 e. The summed E-state index contributed by atoms with van der Waals surface area (Å²) in [5, 5.41) is 9.98. The average molecular weight is 222 g/mol. The van der Waals surface area contributed by atoms with Gasteiger partial charge in [-0.25, -0.2) is 0 Å². The van der Waals surface area contributed by atoms with Crippen LogP contribution in [0.1, 0.15) is 53.4 Å². The standard InChI is InChI=1S/C15H26O/c1-12-6-5-10-15(3,4)11-9-13(2)14(16)8-7-12/h7,9,11,13-14,16H,5-6,8,10H2,1-4H3/b11-9+,12-7+. The summed E-state index contributed by atoms with van der Waals surface area (Å²) in [6.45, 7) is 8.83. The predicted octanol–water partition coefficient (Wildman–Crippen LogP) is 4.09. The van der Waals surface area contributed by atoms with E-state index < -0.39 is 0 Å². The van der Waals surface area contributed by atoms with Gasteiger partial charge in [0.2, 0.25) is 0 Å². The SMILES string of the molecule is C/C1=C\CC(O)C(C)/C=C/C(C)(C)CCC1. The Bertz CT molecular complexity index is 273. The number of aliphatic hydroxyl groups excluding tert-OH is 1. The Morgan fingerprint density at radius 2 is 2.06 bits per heavy atom. The highest BCUT2D eigenvalue weighted by atomic mass is 16.3. The fraction of sp³-hybridized carbons (Fsp3) is 0.733. The number of allylic oxidation sites excluding steroid dienone is 2. The molecule has 0 aromatic rings. The lowest BCUT2D eigenvalue weighted by atomic mass is 9.85. The van der Waals surface area contributed by atoms with Crippen molar-refractivity contribution in [1.29, 1.82) is 0 Å². The van der Waals surface area contributed by atoms with Gasteiger partial charge >= 0.3 is 0 Å². The summed E-state index contributed by atoms with van der Waals surface area (Å²) in [7, 11) is 0. The Morgan fingerprint density at radius 3 is 2.75 bits per heavy atom. The van der Waals surface area contributed by atoms with E-state index in [1.165, 1.54) is 24.8 Å². The van der Waals surface area contributed by atoms with E-state index in [9.17, 15) is 5.11 Å². The van der Waals surface area contributed by atoms with Crippen molar-refractivity contribution in [3.8, 4) is 0 Å². The second-order valence-corrected chi connectivity index (χ2v) is 5.91. The van der Waals surface area contributed by atoms with Crippen molar-refractivity contribution in [2.75, 3.05) is 0 Å². The van der Waals surface area contributed by atoms with E-state index in [4.69, 9.17) is 0 Å². The number of aliphatic hydroxyl groups is 1. The van der Waals surface area contributed by atoms with Gasteiger partial charge in [0.15, 0.2) is 0 Å². The molecule has 0 saturated carbocycles. The lowest BCUT2D eigenvalue weighted by Crippen LogP contribution is -2.15. The summed E-state index contributed by atoms with van der Waals surface area (Å²) in [5.41, 5.74) is 1.68. The molecular weight excluding hydrogens is 196 g/mol. The second-order valence-electron chi connectivity index (χ2n) is 5.91. The molecule has 0 spiro atoms. The summed E-state index contributed by atoms with van der Waals surface area (Å²) in [6, 6.07) is 0. The largest absolute Gasteiger partial charge is 0.392 e. The third-order valence-corrected chi connectivity index (χ3v) is 3.56. The smallest absolute Gasteiger partial charge is 0.0634 e. The zero-order chi connectivity index (χ0) is 12.2. The van der Waals surface area contributed by atoms with E-state index in [2.05, 4.69) is 45.9 Å². The van der Waals surface area contributed by atoms with Crippen LogP contribution < -0.4 is 0 Å². The third kappa shape index (κ3) is 4.52. The topological polar surface area (TPSA) is 20.2 Å². The first-order chi connectivity index (χ1) is 7.41. The molecule has 0 radical (unpaired) electrons. The maximum absolute atomic E-state index is 9.98. The Balaban J connectivity index is 2.78. The molecule has 1 N–H and O–H groups in total. The fourth-order valence-electron chi connectivity index (χ4n) is 2.09. The van der Waals surface area contributed by atoms with Gasteiger partial charge < -0.3 is 5.11 Å². The van der Waals surface area contributed by atoms with Gasteiger partial charge in [0.1, 0.15) is 0 Å². The number of hydrogen-bond donors (Lipinski definition) is 1. The highest BCUT2D eigenvalue weighted by Crippen LogP contribution is 2.28. The van der Waals surface area contributed by atoms with Gasteiger partial charge in [-0.15, -0.1) is 0 Å². The van der Waals surface area contributed by atoms with Crippen LogP contribution in [0.25, 0.3) is 0 Å². The lowest BCUT2D eigenvalue weighted by molar-refractivity contribution is 0.140. The normalized spacial score (nSPS) is 36.9. The molecule has 1 aliphatic carbocycles. The Kier molecular flexibility index (Phi) is 4.79. The summed E-state index contributed by atoms with van der Waals surface area (Å²) in [5.74, 6) is 0.251. The molecule has 0 aromatic carbocycles. The van der Waals surface area contributed by atoms with Crippen LogP contribution in [0.5, 0.6) is 0 Å². The van der Waals surface area contributed by atoms with Crippen molar-refractivity contribution in [2.45, 2.75) is 59.5 Å².